The topological polar surface area (TPSA) is 16.4 Å². The van der Waals surface area contributed by atoms with E-state index in [1.54, 1.807) is 0 Å². The van der Waals surface area contributed by atoms with Gasteiger partial charge in [0.1, 0.15) is 11.2 Å². The number of furan rings is 1. The van der Waals surface area contributed by atoms with Crippen LogP contribution in [0.5, 0.6) is 0 Å². The van der Waals surface area contributed by atoms with Crippen LogP contribution in [-0.2, 0) is 0 Å². The summed E-state index contributed by atoms with van der Waals surface area (Å²) in [5.74, 6) is 0. The molecule has 0 unspecified atom stereocenters. The largest absolute Gasteiger partial charge is 0.455 e. The van der Waals surface area contributed by atoms with Crippen LogP contribution in [0.1, 0.15) is 0 Å². The molecule has 0 N–H and O–H groups in total. The van der Waals surface area contributed by atoms with Crippen molar-refractivity contribution in [3.05, 3.63) is 212 Å². The van der Waals surface area contributed by atoms with Gasteiger partial charge in [-0.2, -0.15) is 0 Å². The Kier molecular flexibility index (Phi) is 7.53. The van der Waals surface area contributed by atoms with E-state index < -0.39 is 0 Å². The Balaban J connectivity index is 1.01. The Morgan fingerprint density at radius 2 is 0.839 bits per heavy atom. The molecule has 1 heterocycles. The standard InChI is InChI=1S/C54H35NO/c1-2-11-36(12-3-1)37-21-28-42(29-22-37)55(44-32-25-40(26-33-44)51-35-41-14-5-6-15-45(41)48-17-8-9-18-49(48)51)43-30-23-39(24-31-43)46-19-10-20-52-53(46)50-34-27-38-13-4-7-16-47(38)54(50)56-52/h1-35H. The number of rotatable bonds is 6. The summed E-state index contributed by atoms with van der Waals surface area (Å²) in [4.78, 5) is 2.35. The first-order valence-corrected chi connectivity index (χ1v) is 19.2. The summed E-state index contributed by atoms with van der Waals surface area (Å²) in [7, 11) is 0. The minimum Gasteiger partial charge on any atom is -0.455 e. The van der Waals surface area contributed by atoms with Crippen LogP contribution in [0.3, 0.4) is 0 Å². The number of hydrogen-bond donors (Lipinski definition) is 0. The van der Waals surface area contributed by atoms with Gasteiger partial charge >= 0.3 is 0 Å². The molecule has 2 nitrogen and oxygen atoms in total. The van der Waals surface area contributed by atoms with Crippen LogP contribution in [-0.4, -0.2) is 0 Å². The summed E-state index contributed by atoms with van der Waals surface area (Å²) in [6.45, 7) is 0. The fourth-order valence-corrected chi connectivity index (χ4v) is 8.55. The lowest BCUT2D eigenvalue weighted by Crippen LogP contribution is -2.09. The molecular formula is C54H35NO. The highest BCUT2D eigenvalue weighted by molar-refractivity contribution is 6.19. The molecule has 2 heteroatoms. The molecule has 0 fully saturated rings. The van der Waals surface area contributed by atoms with E-state index in [2.05, 4.69) is 217 Å². The van der Waals surface area contributed by atoms with Gasteiger partial charge < -0.3 is 9.32 Å². The second kappa shape index (κ2) is 13.2. The van der Waals surface area contributed by atoms with E-state index in [0.29, 0.717) is 0 Å². The molecule has 11 aromatic rings. The quantitative estimate of drug-likeness (QED) is 0.160. The van der Waals surface area contributed by atoms with Gasteiger partial charge in [0, 0.05) is 33.2 Å². The summed E-state index contributed by atoms with van der Waals surface area (Å²) in [5.41, 5.74) is 12.2. The second-order valence-corrected chi connectivity index (χ2v) is 14.5. The zero-order valence-electron chi connectivity index (χ0n) is 30.6. The van der Waals surface area contributed by atoms with Crippen LogP contribution in [0, 0.1) is 0 Å². The predicted molar refractivity (Wildman–Crippen MR) is 237 cm³/mol. The van der Waals surface area contributed by atoms with Gasteiger partial charge in [0.05, 0.1) is 0 Å². The number of nitrogens with zero attached hydrogens (tertiary/aromatic N) is 1. The minimum atomic E-state index is 0.900. The average Bonchev–Trinajstić information content (AvgIpc) is 3.67. The maximum absolute atomic E-state index is 6.53. The number of anilines is 3. The van der Waals surface area contributed by atoms with Crippen molar-refractivity contribution >= 4 is 71.3 Å². The number of benzene rings is 10. The molecule has 11 rings (SSSR count). The Morgan fingerprint density at radius 1 is 0.304 bits per heavy atom. The zero-order chi connectivity index (χ0) is 37.0. The van der Waals surface area contributed by atoms with Crippen LogP contribution in [0.2, 0.25) is 0 Å². The first kappa shape index (κ1) is 32.0. The van der Waals surface area contributed by atoms with E-state index in [-0.39, 0.29) is 0 Å². The summed E-state index contributed by atoms with van der Waals surface area (Å²) < 4.78 is 6.53. The van der Waals surface area contributed by atoms with E-state index in [9.17, 15) is 0 Å². The molecule has 0 aliphatic heterocycles. The third-order valence-corrected chi connectivity index (χ3v) is 11.3. The molecule has 0 aliphatic carbocycles. The molecule has 262 valence electrons. The molecule has 0 atom stereocenters. The molecule has 0 saturated carbocycles. The van der Waals surface area contributed by atoms with Crippen molar-refractivity contribution in [3.8, 4) is 33.4 Å². The second-order valence-electron chi connectivity index (χ2n) is 14.5. The minimum absolute atomic E-state index is 0.900. The lowest BCUT2D eigenvalue weighted by molar-refractivity contribution is 0.673. The summed E-state index contributed by atoms with van der Waals surface area (Å²) >= 11 is 0. The van der Waals surface area contributed by atoms with E-state index in [4.69, 9.17) is 4.42 Å². The smallest absolute Gasteiger partial charge is 0.143 e. The molecular weight excluding hydrogens is 679 g/mol. The number of hydrogen-bond acceptors (Lipinski definition) is 2. The maximum atomic E-state index is 6.53. The van der Waals surface area contributed by atoms with Gasteiger partial charge in [0.15, 0.2) is 0 Å². The highest BCUT2D eigenvalue weighted by Gasteiger charge is 2.18. The van der Waals surface area contributed by atoms with Crippen molar-refractivity contribution in [1.29, 1.82) is 0 Å². The highest BCUT2D eigenvalue weighted by atomic mass is 16.3. The normalized spacial score (nSPS) is 11.6. The zero-order valence-corrected chi connectivity index (χ0v) is 30.6. The molecule has 0 spiro atoms. The van der Waals surface area contributed by atoms with Gasteiger partial charge in [-0.05, 0) is 115 Å². The molecule has 0 bridgehead atoms. The van der Waals surface area contributed by atoms with Crippen LogP contribution >= 0.6 is 0 Å². The molecule has 56 heavy (non-hydrogen) atoms. The third-order valence-electron chi connectivity index (χ3n) is 11.3. The Labute approximate surface area is 325 Å². The van der Waals surface area contributed by atoms with Crippen molar-refractivity contribution < 1.29 is 4.42 Å². The van der Waals surface area contributed by atoms with Gasteiger partial charge in [-0.3, -0.25) is 0 Å². The van der Waals surface area contributed by atoms with Crippen LogP contribution in [0.4, 0.5) is 17.1 Å². The lowest BCUT2D eigenvalue weighted by Gasteiger charge is -2.26. The number of fused-ring (bicyclic) bond motifs is 8. The van der Waals surface area contributed by atoms with Gasteiger partial charge in [0.2, 0.25) is 0 Å². The highest BCUT2D eigenvalue weighted by Crippen LogP contribution is 2.42. The maximum Gasteiger partial charge on any atom is 0.143 e. The van der Waals surface area contributed by atoms with Gasteiger partial charge in [0.25, 0.3) is 0 Å². The van der Waals surface area contributed by atoms with Crippen molar-refractivity contribution in [2.24, 2.45) is 0 Å². The fraction of sp³-hybridized carbons (Fsp3) is 0. The van der Waals surface area contributed by atoms with E-state index in [0.717, 1.165) is 55.5 Å². The fourth-order valence-electron chi connectivity index (χ4n) is 8.55. The van der Waals surface area contributed by atoms with Crippen LogP contribution < -0.4 is 4.90 Å². The first-order valence-electron chi connectivity index (χ1n) is 19.2. The van der Waals surface area contributed by atoms with Crippen LogP contribution in [0.25, 0.3) is 87.6 Å². The van der Waals surface area contributed by atoms with Gasteiger partial charge in [-0.25, -0.2) is 0 Å². The van der Waals surface area contributed by atoms with E-state index >= 15 is 0 Å². The van der Waals surface area contributed by atoms with E-state index in [1.165, 1.54) is 49.2 Å². The van der Waals surface area contributed by atoms with Crippen molar-refractivity contribution in [3.63, 3.8) is 0 Å². The van der Waals surface area contributed by atoms with Crippen LogP contribution in [0.15, 0.2) is 217 Å². The van der Waals surface area contributed by atoms with Crippen molar-refractivity contribution in [2.45, 2.75) is 0 Å². The Bertz CT molecular complexity index is 3210. The van der Waals surface area contributed by atoms with E-state index in [1.807, 2.05) is 0 Å². The molecule has 0 radical (unpaired) electrons. The molecule has 10 aromatic carbocycles. The van der Waals surface area contributed by atoms with Gasteiger partial charge in [-0.15, -0.1) is 0 Å². The predicted octanol–water partition coefficient (Wildman–Crippen LogP) is 15.5. The summed E-state index contributed by atoms with van der Waals surface area (Å²) in [5, 5.41) is 9.66. The average molecular weight is 714 g/mol. The molecule has 0 saturated heterocycles. The van der Waals surface area contributed by atoms with Crippen molar-refractivity contribution in [1.82, 2.24) is 0 Å². The SMILES string of the molecule is c1ccc(-c2ccc(N(c3ccc(-c4cc5ccccc5c5ccccc45)cc3)c3ccc(-c4cccc5oc6c7ccccc7ccc6c45)cc3)cc2)cc1. The van der Waals surface area contributed by atoms with Gasteiger partial charge in [-0.1, -0.05) is 158 Å². The lowest BCUT2D eigenvalue weighted by atomic mass is 9.93. The summed E-state index contributed by atoms with van der Waals surface area (Å²) in [6.07, 6.45) is 0. The third kappa shape index (κ3) is 5.34. The Morgan fingerprint density at radius 3 is 1.54 bits per heavy atom. The molecule has 0 amide bonds. The van der Waals surface area contributed by atoms with Crippen molar-refractivity contribution in [2.75, 3.05) is 4.90 Å². The monoisotopic (exact) mass is 713 g/mol. The Hall–Kier alpha value is -7.42. The molecule has 1 aromatic heterocycles. The molecule has 0 aliphatic rings. The summed E-state index contributed by atoms with van der Waals surface area (Å²) in [6, 6.07) is 76.4. The first-order chi connectivity index (χ1) is 27.8.